The van der Waals surface area contributed by atoms with Crippen LogP contribution in [0.3, 0.4) is 0 Å². The minimum absolute atomic E-state index is 0.0443. The van der Waals surface area contributed by atoms with Gasteiger partial charge in [-0.3, -0.25) is 4.79 Å². The summed E-state index contributed by atoms with van der Waals surface area (Å²) in [4.78, 5) is 24.2. The largest absolute Gasteiger partial charge is 0.434 e. The number of halogens is 3. The number of amides is 1. The Labute approximate surface area is 181 Å². The van der Waals surface area contributed by atoms with E-state index in [-0.39, 0.29) is 29.9 Å². The van der Waals surface area contributed by atoms with Crippen molar-refractivity contribution in [1.29, 1.82) is 0 Å². The van der Waals surface area contributed by atoms with Crippen LogP contribution in [-0.2, 0) is 6.18 Å². The van der Waals surface area contributed by atoms with Crippen molar-refractivity contribution in [1.82, 2.24) is 29.9 Å². The fourth-order valence-corrected chi connectivity index (χ4v) is 4.82. The Morgan fingerprint density at radius 2 is 1.84 bits per heavy atom. The highest BCUT2D eigenvalue weighted by Gasteiger charge is 2.51. The van der Waals surface area contributed by atoms with Crippen molar-refractivity contribution in [2.24, 2.45) is 5.92 Å². The van der Waals surface area contributed by atoms with Gasteiger partial charge in [-0.05, 0) is 37.8 Å². The molecule has 1 aliphatic carbocycles. The molecule has 11 heteroatoms. The van der Waals surface area contributed by atoms with Gasteiger partial charge in [-0.2, -0.15) is 28.2 Å². The van der Waals surface area contributed by atoms with Crippen LogP contribution in [0.4, 0.5) is 19.0 Å². The van der Waals surface area contributed by atoms with Crippen LogP contribution in [0.1, 0.15) is 35.8 Å². The third kappa shape index (κ3) is 3.47. The molecule has 2 bridgehead atoms. The fraction of sp³-hybridized carbons (Fsp3) is 0.381. The summed E-state index contributed by atoms with van der Waals surface area (Å²) in [5, 5.41) is 11.5. The van der Waals surface area contributed by atoms with Gasteiger partial charge in [-0.15, -0.1) is 0 Å². The average molecular weight is 443 g/mol. The Kier molecular flexibility index (Phi) is 4.83. The molecule has 1 saturated heterocycles. The van der Waals surface area contributed by atoms with Crippen molar-refractivity contribution < 1.29 is 18.0 Å². The zero-order valence-corrected chi connectivity index (χ0v) is 17.1. The molecular weight excluding hydrogens is 423 g/mol. The van der Waals surface area contributed by atoms with E-state index in [0.717, 1.165) is 19.0 Å². The Bertz CT molecular complexity index is 1120. The lowest BCUT2D eigenvalue weighted by molar-refractivity contribution is -0.141. The number of carbonyl (C=O) groups excluding carboxylic acids is 1. The highest BCUT2D eigenvalue weighted by atomic mass is 19.4. The summed E-state index contributed by atoms with van der Waals surface area (Å²) in [6.45, 7) is 2.03. The molecule has 5 rings (SSSR count). The molecule has 8 nitrogen and oxygen atoms in total. The Hall–Kier alpha value is -3.50. The van der Waals surface area contributed by atoms with E-state index in [0.29, 0.717) is 23.4 Å². The lowest BCUT2D eigenvalue weighted by Gasteiger charge is -2.38. The van der Waals surface area contributed by atoms with Crippen molar-refractivity contribution in [2.45, 2.75) is 44.1 Å². The Balaban J connectivity index is 1.38. The van der Waals surface area contributed by atoms with Crippen molar-refractivity contribution in [3.63, 3.8) is 0 Å². The van der Waals surface area contributed by atoms with Crippen LogP contribution in [0.25, 0.3) is 5.69 Å². The van der Waals surface area contributed by atoms with E-state index in [9.17, 15) is 18.0 Å². The summed E-state index contributed by atoms with van der Waals surface area (Å²) < 4.78 is 38.2. The van der Waals surface area contributed by atoms with E-state index in [1.807, 2.05) is 17.9 Å². The number of hydrogen-bond donors (Lipinski definition) is 1. The van der Waals surface area contributed by atoms with E-state index in [1.54, 1.807) is 30.6 Å². The number of likely N-dealkylation sites (tertiary alicyclic amines) is 1. The van der Waals surface area contributed by atoms with Crippen molar-refractivity contribution in [3.8, 4) is 5.69 Å². The standard InChI is InChI=1S/C21H20F3N7O/c1-12-13-8-15(29-19-11-25-18(10-26-19)21(22,23)24)17(9-13)30(12)20(32)14-4-2-3-5-16(14)31-27-6-7-28-31/h2-7,10-13,15,17H,8-9H2,1H3,(H,26,29)/t12-,13?,15?,17+/m0/s1. The first-order valence-electron chi connectivity index (χ1n) is 10.3. The van der Waals surface area contributed by atoms with Crippen LogP contribution in [0, 0.1) is 5.92 Å². The normalized spacial score (nSPS) is 24.7. The molecule has 2 unspecified atom stereocenters. The highest BCUT2D eigenvalue weighted by Crippen LogP contribution is 2.44. The number of nitrogens with one attached hydrogen (secondary N) is 1. The van der Waals surface area contributed by atoms with E-state index < -0.39 is 11.9 Å². The van der Waals surface area contributed by atoms with Gasteiger partial charge in [-0.25, -0.2) is 9.97 Å². The second-order valence-electron chi connectivity index (χ2n) is 8.12. The molecule has 166 valence electrons. The number of hydrogen-bond acceptors (Lipinski definition) is 6. The molecule has 1 aliphatic heterocycles. The minimum atomic E-state index is -4.53. The molecule has 1 amide bonds. The lowest BCUT2D eigenvalue weighted by atomic mass is 9.97. The molecular formula is C21H20F3N7O. The summed E-state index contributed by atoms with van der Waals surface area (Å²) in [5.41, 5.74) is 0.0528. The SMILES string of the molecule is C[C@H]1C2CC(Nc3cnc(C(F)(F)F)cn3)[C@@H](C2)N1C(=O)c1ccccc1-n1nccn1. The molecule has 1 N–H and O–H groups in total. The van der Waals surface area contributed by atoms with Gasteiger partial charge >= 0.3 is 6.18 Å². The summed E-state index contributed by atoms with van der Waals surface area (Å²) in [6, 6.07) is 6.98. The van der Waals surface area contributed by atoms with Gasteiger partial charge in [0.2, 0.25) is 0 Å². The van der Waals surface area contributed by atoms with Gasteiger partial charge < -0.3 is 10.2 Å². The molecule has 2 fully saturated rings. The van der Waals surface area contributed by atoms with Gasteiger partial charge in [-0.1, -0.05) is 12.1 Å². The predicted molar refractivity (Wildman–Crippen MR) is 108 cm³/mol. The highest BCUT2D eigenvalue weighted by molar-refractivity contribution is 5.98. The lowest BCUT2D eigenvalue weighted by Crippen LogP contribution is -2.51. The molecule has 1 aromatic carbocycles. The zero-order valence-electron chi connectivity index (χ0n) is 17.1. The molecule has 0 radical (unpaired) electrons. The number of carbonyl (C=O) groups is 1. The number of rotatable bonds is 4. The van der Waals surface area contributed by atoms with Gasteiger partial charge in [0.15, 0.2) is 5.69 Å². The van der Waals surface area contributed by atoms with E-state index in [4.69, 9.17) is 0 Å². The molecule has 32 heavy (non-hydrogen) atoms. The molecule has 2 aromatic heterocycles. The molecule has 2 aliphatic rings. The number of alkyl halides is 3. The van der Waals surface area contributed by atoms with Crippen LogP contribution in [0.2, 0.25) is 0 Å². The average Bonchev–Trinajstić information content (AvgIpc) is 3.50. The summed E-state index contributed by atoms with van der Waals surface area (Å²) in [5.74, 6) is 0.429. The smallest absolute Gasteiger partial charge is 0.364 e. The van der Waals surface area contributed by atoms with Crippen LogP contribution in [-0.4, -0.2) is 53.9 Å². The predicted octanol–water partition coefficient (Wildman–Crippen LogP) is 3.18. The Morgan fingerprint density at radius 3 is 2.50 bits per heavy atom. The third-order valence-electron chi connectivity index (χ3n) is 6.32. The number of fused-ring (bicyclic) bond motifs is 2. The quantitative estimate of drug-likeness (QED) is 0.666. The van der Waals surface area contributed by atoms with Gasteiger partial charge in [0.1, 0.15) is 5.82 Å². The topological polar surface area (TPSA) is 88.8 Å². The van der Waals surface area contributed by atoms with Crippen LogP contribution in [0.15, 0.2) is 49.1 Å². The zero-order chi connectivity index (χ0) is 22.5. The maximum atomic E-state index is 13.6. The molecule has 3 aromatic rings. The second kappa shape index (κ2) is 7.57. The van der Waals surface area contributed by atoms with Gasteiger partial charge in [0.05, 0.1) is 42.1 Å². The molecule has 0 spiro atoms. The number of piperidine rings is 1. The number of nitrogens with zero attached hydrogens (tertiary/aromatic N) is 6. The van der Waals surface area contributed by atoms with Crippen molar-refractivity contribution >= 4 is 11.7 Å². The number of aromatic nitrogens is 5. The first kappa shape index (κ1) is 20.4. The van der Waals surface area contributed by atoms with Gasteiger partial charge in [0.25, 0.3) is 5.91 Å². The second-order valence-corrected chi connectivity index (χ2v) is 8.12. The summed E-state index contributed by atoms with van der Waals surface area (Å²) >= 11 is 0. The maximum absolute atomic E-state index is 13.6. The fourth-order valence-electron chi connectivity index (χ4n) is 4.82. The van der Waals surface area contributed by atoms with Crippen LogP contribution < -0.4 is 5.32 Å². The first-order valence-corrected chi connectivity index (χ1v) is 10.3. The number of para-hydroxylation sites is 1. The third-order valence-corrected chi connectivity index (χ3v) is 6.32. The van der Waals surface area contributed by atoms with E-state index in [2.05, 4.69) is 25.5 Å². The summed E-state index contributed by atoms with van der Waals surface area (Å²) in [7, 11) is 0. The molecule has 1 saturated carbocycles. The number of anilines is 1. The van der Waals surface area contributed by atoms with Gasteiger partial charge in [0, 0.05) is 12.1 Å². The van der Waals surface area contributed by atoms with Crippen molar-refractivity contribution in [2.75, 3.05) is 5.32 Å². The van der Waals surface area contributed by atoms with E-state index >= 15 is 0 Å². The van der Waals surface area contributed by atoms with Crippen molar-refractivity contribution in [3.05, 3.63) is 60.3 Å². The maximum Gasteiger partial charge on any atom is 0.434 e. The first-order chi connectivity index (χ1) is 15.3. The molecule has 4 atom stereocenters. The van der Waals surface area contributed by atoms with E-state index in [1.165, 1.54) is 4.80 Å². The van der Waals surface area contributed by atoms with Crippen LogP contribution in [0.5, 0.6) is 0 Å². The molecule has 3 heterocycles. The minimum Gasteiger partial charge on any atom is -0.364 e. The Morgan fingerprint density at radius 1 is 1.09 bits per heavy atom. The van der Waals surface area contributed by atoms with Crippen LogP contribution >= 0.6 is 0 Å². The number of benzene rings is 1. The monoisotopic (exact) mass is 443 g/mol. The summed E-state index contributed by atoms with van der Waals surface area (Å²) in [6.07, 6.45) is 1.99.